The number of carbonyl (C=O) groups excluding carboxylic acids is 7. The number of nitrogens with one attached hydrogen (secondary N) is 5. The summed E-state index contributed by atoms with van der Waals surface area (Å²) >= 11 is 6.42. The number of anilines is 3. The van der Waals surface area contributed by atoms with Crippen LogP contribution in [0.5, 0.6) is 17.2 Å². The van der Waals surface area contributed by atoms with Crippen molar-refractivity contribution in [2.75, 3.05) is 56.0 Å². The number of carbonyl (C=O) groups is 7. The number of methoxy groups -OCH3 is 1. The number of nitrogens with zero attached hydrogens (tertiary/aromatic N) is 1. The minimum absolute atomic E-state index is 0.0265. The van der Waals surface area contributed by atoms with E-state index in [4.69, 9.17) is 30.5 Å². The Morgan fingerprint density at radius 3 is 2.05 bits per heavy atom. The number of aromatic nitrogens is 1. The molecule has 2 aliphatic rings. The van der Waals surface area contributed by atoms with Gasteiger partial charge in [0.2, 0.25) is 11.8 Å². The predicted octanol–water partition coefficient (Wildman–Crippen LogP) is 9.63. The molecule has 434 valence electrons. The second-order valence-corrected chi connectivity index (χ2v) is 21.2. The normalized spacial score (nSPS) is 13.6. The molecule has 0 saturated heterocycles. The molecule has 5 aromatic carbocycles. The van der Waals surface area contributed by atoms with Gasteiger partial charge in [0.05, 0.1) is 29.4 Å². The molecule has 1 unspecified atom stereocenters. The van der Waals surface area contributed by atoms with Crippen LogP contribution in [0.2, 0.25) is 5.02 Å². The highest BCUT2D eigenvalue weighted by Crippen LogP contribution is 2.43. The molecule has 18 nitrogen and oxygen atoms in total. The van der Waals surface area contributed by atoms with E-state index in [-0.39, 0.29) is 76.7 Å². The second-order valence-electron chi connectivity index (χ2n) is 20.7. The summed E-state index contributed by atoms with van der Waals surface area (Å²) in [5.41, 5.74) is 7.44. The molecule has 0 bridgehead atoms. The Kier molecular flexibility index (Phi) is 21.4. The number of carboxylic acid groups (broad SMARTS) is 1. The van der Waals surface area contributed by atoms with Crippen molar-refractivity contribution in [3.8, 4) is 28.4 Å². The summed E-state index contributed by atoms with van der Waals surface area (Å²) in [7, 11) is 1.42. The quantitative estimate of drug-likeness (QED) is 0.0287. The fourth-order valence-electron chi connectivity index (χ4n) is 10.5. The van der Waals surface area contributed by atoms with Crippen LogP contribution >= 0.6 is 11.6 Å². The van der Waals surface area contributed by atoms with E-state index < -0.39 is 30.3 Å². The van der Waals surface area contributed by atoms with Crippen LogP contribution in [0.15, 0.2) is 109 Å². The van der Waals surface area contributed by atoms with Gasteiger partial charge in [-0.1, -0.05) is 80.5 Å². The number of amides is 5. The summed E-state index contributed by atoms with van der Waals surface area (Å²) in [4.78, 5) is 92.9. The van der Waals surface area contributed by atoms with Crippen LogP contribution in [0.3, 0.4) is 0 Å². The fourth-order valence-corrected chi connectivity index (χ4v) is 10.7. The van der Waals surface area contributed by atoms with Gasteiger partial charge in [0.1, 0.15) is 42.8 Å². The molecule has 0 spiro atoms. The molecule has 1 atom stereocenters. The topological polar surface area (TPSA) is 253 Å². The smallest absolute Gasteiger partial charge is 0.274 e. The number of rotatable bonds is 28. The maximum atomic E-state index is 13.5. The van der Waals surface area contributed by atoms with E-state index in [1.54, 1.807) is 42.5 Å². The zero-order chi connectivity index (χ0) is 58.8. The zero-order valence-electron chi connectivity index (χ0n) is 46.8. The van der Waals surface area contributed by atoms with Gasteiger partial charge in [-0.2, -0.15) is 0 Å². The van der Waals surface area contributed by atoms with Gasteiger partial charge in [-0.15, -0.1) is 0 Å². The molecular formula is C64H68ClN6O12-. The number of hydrogen-bond acceptors (Lipinski definition) is 13. The number of halogens is 1. The first-order valence-corrected chi connectivity index (χ1v) is 28.3. The summed E-state index contributed by atoms with van der Waals surface area (Å²) < 4.78 is 22.7. The lowest BCUT2D eigenvalue weighted by molar-refractivity contribution is -0.255. The molecule has 2 aliphatic carbocycles. The number of carboxylic acids is 1. The van der Waals surface area contributed by atoms with Gasteiger partial charge in [0.25, 0.3) is 17.7 Å². The van der Waals surface area contributed by atoms with Gasteiger partial charge in [0, 0.05) is 53.8 Å². The lowest BCUT2D eigenvalue weighted by Crippen LogP contribution is -2.30. The van der Waals surface area contributed by atoms with Gasteiger partial charge in [-0.05, 0) is 152 Å². The van der Waals surface area contributed by atoms with Gasteiger partial charge in [-0.3, -0.25) is 33.8 Å². The van der Waals surface area contributed by atoms with E-state index in [1.165, 1.54) is 56.5 Å². The maximum absolute atomic E-state index is 13.5. The molecule has 5 amide bonds. The third kappa shape index (κ3) is 16.5. The van der Waals surface area contributed by atoms with Gasteiger partial charge in [-0.25, -0.2) is 0 Å². The Morgan fingerprint density at radius 2 is 1.34 bits per heavy atom. The van der Waals surface area contributed by atoms with Crippen molar-refractivity contribution in [3.05, 3.63) is 159 Å². The average Bonchev–Trinajstić information content (AvgIpc) is 2.67. The van der Waals surface area contributed by atoms with Crippen molar-refractivity contribution >= 4 is 70.0 Å². The third-order valence-electron chi connectivity index (χ3n) is 15.0. The number of Topliss-reactive ketones (excluding diaryl/α,β-unsaturated/α-hetero) is 1. The monoisotopic (exact) mass is 1150 g/mol. The number of fused-ring (bicyclic) bond motifs is 1. The lowest BCUT2D eigenvalue weighted by Gasteiger charge is -2.16. The number of aromatic carboxylic acids is 1. The minimum atomic E-state index is -1.43. The van der Waals surface area contributed by atoms with Gasteiger partial charge < -0.3 is 55.4 Å². The van der Waals surface area contributed by atoms with E-state index in [1.807, 2.05) is 44.2 Å². The number of ketones is 1. The van der Waals surface area contributed by atoms with Gasteiger partial charge >= 0.3 is 0 Å². The molecule has 1 aromatic heterocycles. The summed E-state index contributed by atoms with van der Waals surface area (Å²) in [6.45, 7) is 4.09. The first-order valence-electron chi connectivity index (χ1n) is 28.0. The minimum Gasteiger partial charge on any atom is -0.545 e. The Hall–Kier alpha value is -8.61. The molecule has 1 heterocycles. The van der Waals surface area contributed by atoms with Crippen LogP contribution in [-0.2, 0) is 32.1 Å². The Labute approximate surface area is 487 Å². The molecule has 1 saturated carbocycles. The van der Waals surface area contributed by atoms with Crippen molar-refractivity contribution in [1.29, 1.82) is 0 Å². The summed E-state index contributed by atoms with van der Waals surface area (Å²) in [6.07, 6.45) is 12.0. The van der Waals surface area contributed by atoms with Crippen LogP contribution in [0.25, 0.3) is 11.1 Å². The van der Waals surface area contributed by atoms with E-state index in [0.29, 0.717) is 41.6 Å². The highest BCUT2D eigenvalue weighted by molar-refractivity contribution is 6.34. The standard InChI is InChI=1S/C64H69ClN6O12/c1-39-40(2)60-45(31-49(61(60)75)42-16-8-9-17-42)32-55(39)82-35-41-15-14-18-43(29-41)44-20-25-54(50(30-44)64(78)79)83-38-58(73)68-28-12-7-5-4-6-11-27-67-57(72)36-81-37-59(74)69-46-21-23-48(51(65)33-46)62(76)71-52-24-22-47(34-56(52)80-3)70-63(77)53-19-10-13-26-66-53/h10,13-15,18-26,29-30,32-34,42,49H,4-9,11-12,16-17,27-28,31,35-38H2,1-3H3,(H,67,72)(H,68,73)(H,69,74)(H,70,77)(H,71,76)(H,78,79)/p-1. The largest absolute Gasteiger partial charge is 0.545 e. The van der Waals surface area contributed by atoms with Crippen LogP contribution in [0.1, 0.15) is 128 Å². The Bertz CT molecular complexity index is 3350. The van der Waals surface area contributed by atoms with Crippen LogP contribution in [0, 0.1) is 25.7 Å². The highest BCUT2D eigenvalue weighted by atomic mass is 35.5. The molecule has 0 radical (unpaired) electrons. The molecule has 8 rings (SSSR count). The first-order chi connectivity index (χ1) is 40.1. The van der Waals surface area contributed by atoms with E-state index >= 15 is 0 Å². The molecule has 5 N–H and O–H groups in total. The molecule has 6 aromatic rings. The maximum Gasteiger partial charge on any atom is 0.274 e. The van der Waals surface area contributed by atoms with Gasteiger partial charge in [0.15, 0.2) is 12.4 Å². The predicted molar refractivity (Wildman–Crippen MR) is 313 cm³/mol. The van der Waals surface area contributed by atoms with Crippen molar-refractivity contribution in [2.45, 2.75) is 91.1 Å². The molecule has 0 aliphatic heterocycles. The van der Waals surface area contributed by atoms with E-state index in [9.17, 15) is 38.7 Å². The van der Waals surface area contributed by atoms with Crippen molar-refractivity contribution in [3.63, 3.8) is 0 Å². The summed E-state index contributed by atoms with van der Waals surface area (Å²) in [5, 5.41) is 26.0. The average molecular weight is 1150 g/mol. The van der Waals surface area contributed by atoms with Crippen LogP contribution in [0.4, 0.5) is 17.1 Å². The Balaban J connectivity index is 0.659. The number of ether oxygens (including phenoxy) is 4. The molecule has 19 heteroatoms. The lowest BCUT2D eigenvalue weighted by atomic mass is 9.87. The fraction of sp³-hybridized carbons (Fsp3) is 0.344. The number of pyridine rings is 1. The van der Waals surface area contributed by atoms with Crippen LogP contribution in [-0.4, -0.2) is 86.3 Å². The number of hydrogen-bond donors (Lipinski definition) is 5. The summed E-state index contributed by atoms with van der Waals surface area (Å²) in [5.74, 6) is -1.76. The van der Waals surface area contributed by atoms with Crippen LogP contribution < -0.4 is 45.9 Å². The Morgan fingerprint density at radius 1 is 0.639 bits per heavy atom. The SMILES string of the molecule is COc1cc(NC(=O)c2ccccn2)ccc1NC(=O)c1ccc(NC(=O)COCC(=O)NCCCCCCCCNC(=O)COc2ccc(-c3cccc(COc4cc5c(c(C)c4C)C(=O)C(C4CCCC4)C5)c3)cc2C(=O)[O-])cc1Cl. The number of unbranched alkanes of at least 4 members (excludes halogenated alkanes) is 5. The second kappa shape index (κ2) is 29.4. The molecule has 83 heavy (non-hydrogen) atoms. The molecule has 1 fully saturated rings. The first kappa shape index (κ1) is 60.5. The van der Waals surface area contributed by atoms with Crippen molar-refractivity contribution in [2.24, 2.45) is 11.8 Å². The highest BCUT2D eigenvalue weighted by Gasteiger charge is 2.39. The number of benzene rings is 5. The van der Waals surface area contributed by atoms with Crippen molar-refractivity contribution < 1.29 is 57.6 Å². The summed E-state index contributed by atoms with van der Waals surface area (Å²) in [6, 6.07) is 28.5. The molecular weight excluding hydrogens is 1080 g/mol. The van der Waals surface area contributed by atoms with Crippen molar-refractivity contribution in [1.82, 2.24) is 15.6 Å². The van der Waals surface area contributed by atoms with E-state index in [2.05, 4.69) is 31.6 Å². The van der Waals surface area contributed by atoms with E-state index in [0.717, 1.165) is 96.9 Å². The zero-order valence-corrected chi connectivity index (χ0v) is 47.5. The third-order valence-corrected chi connectivity index (χ3v) is 15.3.